The van der Waals surface area contributed by atoms with Crippen LogP contribution in [0, 0.1) is 29.6 Å². The first kappa shape index (κ1) is 22.9. The van der Waals surface area contributed by atoms with Crippen LogP contribution >= 0.6 is 0 Å². The number of nitrogens with zero attached hydrogens (tertiary/aromatic N) is 4. The second-order valence-corrected chi connectivity index (χ2v) is 11.5. The highest BCUT2D eigenvalue weighted by molar-refractivity contribution is 6.09. The van der Waals surface area contributed by atoms with E-state index in [1.807, 2.05) is 0 Å². The molecule has 6 rings (SSSR count). The van der Waals surface area contributed by atoms with Crippen molar-refractivity contribution in [2.75, 3.05) is 13.6 Å². The van der Waals surface area contributed by atoms with Crippen LogP contribution in [0.2, 0.25) is 0 Å². The molecule has 6 unspecified atom stereocenters. The fourth-order valence-electron chi connectivity index (χ4n) is 7.46. The molecule has 1 aromatic rings. The third-order valence-corrected chi connectivity index (χ3v) is 9.43. The lowest BCUT2D eigenvalue weighted by atomic mass is 9.70. The quantitative estimate of drug-likeness (QED) is 0.606. The number of aromatic nitrogens is 2. The van der Waals surface area contributed by atoms with Gasteiger partial charge in [0.05, 0.1) is 23.7 Å². The first-order valence-corrected chi connectivity index (χ1v) is 13.4. The van der Waals surface area contributed by atoms with Crippen molar-refractivity contribution in [1.82, 2.24) is 20.0 Å². The SMILES string of the molecule is CN1C(=O)C2CC3C(=O)N(CC4CCCC(c5nnc(C6CCCCC6)o5)C4)C(=O)C3CC2C1=O. The molecule has 6 atom stereocenters. The van der Waals surface area contributed by atoms with E-state index in [0.717, 1.165) is 44.4 Å². The average Bonchev–Trinajstić information content (AvgIpc) is 3.53. The number of imide groups is 2. The highest BCUT2D eigenvalue weighted by Crippen LogP contribution is 2.48. The molecule has 0 N–H and O–H groups in total. The molecule has 0 radical (unpaired) electrons. The molecule has 3 heterocycles. The van der Waals surface area contributed by atoms with Crippen LogP contribution in [0.3, 0.4) is 0 Å². The Morgan fingerprint density at radius 3 is 1.86 bits per heavy atom. The second kappa shape index (κ2) is 8.82. The van der Waals surface area contributed by atoms with Crippen LogP contribution in [0.1, 0.15) is 94.2 Å². The van der Waals surface area contributed by atoms with Crippen LogP contribution in [-0.2, 0) is 19.2 Å². The maximum Gasteiger partial charge on any atom is 0.233 e. The Hall–Kier alpha value is -2.58. The molecule has 3 aliphatic carbocycles. The van der Waals surface area contributed by atoms with E-state index in [-0.39, 0.29) is 35.5 Å². The molecule has 188 valence electrons. The van der Waals surface area contributed by atoms with Crippen molar-refractivity contribution in [1.29, 1.82) is 0 Å². The van der Waals surface area contributed by atoms with E-state index >= 15 is 0 Å². The smallest absolute Gasteiger partial charge is 0.233 e. The lowest BCUT2D eigenvalue weighted by molar-refractivity contribution is -0.140. The molecule has 1 aromatic heterocycles. The predicted octanol–water partition coefficient (Wildman–Crippen LogP) is 3.02. The molecule has 9 nitrogen and oxygen atoms in total. The van der Waals surface area contributed by atoms with Gasteiger partial charge in [-0.3, -0.25) is 29.0 Å². The Bertz CT molecular complexity index is 1000. The van der Waals surface area contributed by atoms with E-state index < -0.39 is 23.7 Å². The first-order chi connectivity index (χ1) is 16.9. The summed E-state index contributed by atoms with van der Waals surface area (Å²) in [6.07, 6.45) is 10.3. The summed E-state index contributed by atoms with van der Waals surface area (Å²) in [5, 5.41) is 8.76. The van der Waals surface area contributed by atoms with Gasteiger partial charge in [-0.05, 0) is 50.9 Å². The molecule has 2 saturated heterocycles. The van der Waals surface area contributed by atoms with Crippen LogP contribution in [0.5, 0.6) is 0 Å². The van der Waals surface area contributed by atoms with Crippen molar-refractivity contribution in [2.24, 2.45) is 29.6 Å². The molecule has 2 aliphatic heterocycles. The van der Waals surface area contributed by atoms with Crippen LogP contribution in [0.15, 0.2) is 4.42 Å². The molecular weight excluding hydrogens is 448 g/mol. The molecule has 0 spiro atoms. The minimum Gasteiger partial charge on any atom is -0.425 e. The Labute approximate surface area is 205 Å². The fraction of sp³-hybridized carbons (Fsp3) is 0.769. The molecule has 9 heteroatoms. The van der Waals surface area contributed by atoms with Gasteiger partial charge in [0.15, 0.2) is 0 Å². The van der Waals surface area contributed by atoms with Crippen LogP contribution in [0.4, 0.5) is 0 Å². The summed E-state index contributed by atoms with van der Waals surface area (Å²) in [6.45, 7) is 0.405. The van der Waals surface area contributed by atoms with Crippen LogP contribution in [-0.4, -0.2) is 57.2 Å². The second-order valence-electron chi connectivity index (χ2n) is 11.5. The number of fused-ring (bicyclic) bond motifs is 2. The van der Waals surface area contributed by atoms with Gasteiger partial charge in [0.1, 0.15) is 0 Å². The standard InChI is InChI=1S/C26H34N4O5/c1-29-23(31)17-11-19-20(12-18(17)24(29)32)26(34)30(25(19)33)13-14-6-5-9-16(10-14)22-28-27-21(35-22)15-7-3-2-4-8-15/h14-20H,2-13H2,1H3. The molecule has 0 aromatic carbocycles. The van der Waals surface area contributed by atoms with Crippen LogP contribution in [0.25, 0.3) is 0 Å². The first-order valence-electron chi connectivity index (χ1n) is 13.4. The predicted molar refractivity (Wildman–Crippen MR) is 123 cm³/mol. The summed E-state index contributed by atoms with van der Waals surface area (Å²) in [6, 6.07) is 0. The van der Waals surface area contributed by atoms with E-state index in [9.17, 15) is 19.2 Å². The molecule has 5 fully saturated rings. The molecular formula is C26H34N4O5. The summed E-state index contributed by atoms with van der Waals surface area (Å²) in [5.41, 5.74) is 0. The summed E-state index contributed by atoms with van der Waals surface area (Å²) in [7, 11) is 1.50. The van der Waals surface area contributed by atoms with Gasteiger partial charge < -0.3 is 4.42 Å². The largest absolute Gasteiger partial charge is 0.425 e. The van der Waals surface area contributed by atoms with Crippen molar-refractivity contribution < 1.29 is 23.6 Å². The summed E-state index contributed by atoms with van der Waals surface area (Å²) < 4.78 is 6.13. The Morgan fingerprint density at radius 2 is 1.23 bits per heavy atom. The van der Waals surface area contributed by atoms with Gasteiger partial charge in [0.2, 0.25) is 35.4 Å². The molecule has 4 amide bonds. The minimum atomic E-state index is -0.472. The maximum absolute atomic E-state index is 13.3. The van der Waals surface area contributed by atoms with E-state index in [4.69, 9.17) is 4.42 Å². The summed E-state index contributed by atoms with van der Waals surface area (Å²) in [4.78, 5) is 54.1. The highest BCUT2D eigenvalue weighted by atomic mass is 16.4. The number of carbonyl (C=O) groups is 4. The third kappa shape index (κ3) is 3.82. The maximum atomic E-state index is 13.3. The zero-order valence-corrected chi connectivity index (χ0v) is 20.4. The topological polar surface area (TPSA) is 114 Å². The number of amides is 4. The monoisotopic (exact) mass is 482 g/mol. The fourth-order valence-corrected chi connectivity index (χ4v) is 7.46. The van der Waals surface area contributed by atoms with Crippen molar-refractivity contribution in [3.8, 4) is 0 Å². The van der Waals surface area contributed by atoms with Gasteiger partial charge in [0.25, 0.3) is 0 Å². The van der Waals surface area contributed by atoms with Gasteiger partial charge in [-0.25, -0.2) is 0 Å². The van der Waals surface area contributed by atoms with Crippen molar-refractivity contribution in [2.45, 2.75) is 82.5 Å². The number of hydrogen-bond acceptors (Lipinski definition) is 7. The van der Waals surface area contributed by atoms with E-state index in [2.05, 4.69) is 10.2 Å². The number of rotatable bonds is 4. The van der Waals surface area contributed by atoms with Gasteiger partial charge in [-0.15, -0.1) is 10.2 Å². The van der Waals surface area contributed by atoms with Gasteiger partial charge in [-0.1, -0.05) is 25.7 Å². The Kier molecular flexibility index (Phi) is 5.76. The number of likely N-dealkylation sites (tertiary alicyclic amines) is 2. The zero-order chi connectivity index (χ0) is 24.3. The molecule has 35 heavy (non-hydrogen) atoms. The summed E-state index contributed by atoms with van der Waals surface area (Å²) >= 11 is 0. The Balaban J connectivity index is 1.11. The lowest BCUT2D eigenvalue weighted by Gasteiger charge is -2.30. The van der Waals surface area contributed by atoms with Gasteiger partial charge >= 0.3 is 0 Å². The highest BCUT2D eigenvalue weighted by Gasteiger charge is 2.59. The normalized spacial score (nSPS) is 36.1. The number of hydrogen-bond donors (Lipinski definition) is 0. The molecule has 5 aliphatic rings. The van der Waals surface area contributed by atoms with Crippen molar-refractivity contribution in [3.63, 3.8) is 0 Å². The minimum absolute atomic E-state index is 0.159. The van der Waals surface area contributed by atoms with Gasteiger partial charge in [-0.2, -0.15) is 0 Å². The van der Waals surface area contributed by atoms with Crippen molar-refractivity contribution >= 4 is 23.6 Å². The third-order valence-electron chi connectivity index (χ3n) is 9.43. The van der Waals surface area contributed by atoms with Gasteiger partial charge in [0, 0.05) is 25.4 Å². The lowest BCUT2D eigenvalue weighted by Crippen LogP contribution is -2.37. The van der Waals surface area contributed by atoms with Crippen molar-refractivity contribution in [3.05, 3.63) is 11.8 Å². The summed E-state index contributed by atoms with van der Waals surface area (Å²) in [5.74, 6) is -0.376. The van der Waals surface area contributed by atoms with E-state index in [1.54, 1.807) is 0 Å². The zero-order valence-electron chi connectivity index (χ0n) is 20.4. The Morgan fingerprint density at radius 1 is 0.686 bits per heavy atom. The average molecular weight is 483 g/mol. The van der Waals surface area contributed by atoms with Crippen LogP contribution < -0.4 is 0 Å². The van der Waals surface area contributed by atoms with E-state index in [1.165, 1.54) is 36.1 Å². The molecule has 0 bridgehead atoms. The number of carbonyl (C=O) groups excluding carboxylic acids is 4. The molecule has 3 saturated carbocycles. The van der Waals surface area contributed by atoms with E-state index in [0.29, 0.717) is 31.2 Å².